The number of hydrogen-bond donors (Lipinski definition) is 2. The van der Waals surface area contributed by atoms with Gasteiger partial charge in [-0.1, -0.05) is 12.1 Å². The van der Waals surface area contributed by atoms with E-state index in [4.69, 9.17) is 0 Å². The summed E-state index contributed by atoms with van der Waals surface area (Å²) in [5.41, 5.74) is 4.44. The van der Waals surface area contributed by atoms with E-state index in [-0.39, 0.29) is 12.5 Å². The molecule has 0 saturated heterocycles. The van der Waals surface area contributed by atoms with Crippen molar-refractivity contribution in [3.63, 3.8) is 0 Å². The van der Waals surface area contributed by atoms with E-state index in [0.717, 1.165) is 22.6 Å². The summed E-state index contributed by atoms with van der Waals surface area (Å²) in [6.45, 7) is 4.30. The van der Waals surface area contributed by atoms with Gasteiger partial charge in [0.1, 0.15) is 5.82 Å². The molecular weight excluding hydrogens is 371 g/mol. The highest BCUT2D eigenvalue weighted by Crippen LogP contribution is 2.13. The van der Waals surface area contributed by atoms with Gasteiger partial charge in [-0.25, -0.2) is 9.07 Å². The van der Waals surface area contributed by atoms with Gasteiger partial charge >= 0.3 is 0 Å². The number of amides is 2. The SMILES string of the molecule is Cc1cc(C)n(-c2ccc(CCNC(=O)CNC(=O)c3ccc(F)cc3)cc2)n1. The minimum atomic E-state index is -0.417. The first-order valence-electron chi connectivity index (χ1n) is 9.35. The Bertz CT molecular complexity index is 995. The summed E-state index contributed by atoms with van der Waals surface area (Å²) in [6, 6.07) is 15.2. The number of carbonyl (C=O) groups is 2. The summed E-state index contributed by atoms with van der Waals surface area (Å²) < 4.78 is 14.8. The van der Waals surface area contributed by atoms with E-state index in [9.17, 15) is 14.0 Å². The predicted octanol–water partition coefficient (Wildman–Crippen LogP) is 2.72. The third-order valence-electron chi connectivity index (χ3n) is 4.44. The van der Waals surface area contributed by atoms with E-state index < -0.39 is 11.7 Å². The molecule has 3 rings (SSSR count). The second-order valence-corrected chi connectivity index (χ2v) is 6.79. The molecule has 0 aliphatic rings. The van der Waals surface area contributed by atoms with Crippen molar-refractivity contribution in [3.05, 3.63) is 82.9 Å². The highest BCUT2D eigenvalue weighted by atomic mass is 19.1. The Hall–Kier alpha value is -3.48. The van der Waals surface area contributed by atoms with Crippen LogP contribution >= 0.6 is 0 Å². The number of halogens is 1. The molecule has 7 heteroatoms. The first kappa shape index (κ1) is 20.3. The van der Waals surface area contributed by atoms with Gasteiger partial charge < -0.3 is 10.6 Å². The Labute approximate surface area is 168 Å². The van der Waals surface area contributed by atoms with E-state index in [1.54, 1.807) is 0 Å². The van der Waals surface area contributed by atoms with Crippen LogP contribution < -0.4 is 10.6 Å². The summed E-state index contributed by atoms with van der Waals surface area (Å²) in [6.07, 6.45) is 0.676. The fourth-order valence-corrected chi connectivity index (χ4v) is 2.97. The van der Waals surface area contributed by atoms with Crippen molar-refractivity contribution in [2.75, 3.05) is 13.1 Å². The Morgan fingerprint density at radius 1 is 1.00 bits per heavy atom. The van der Waals surface area contributed by atoms with Gasteiger partial charge in [-0.2, -0.15) is 5.10 Å². The van der Waals surface area contributed by atoms with Crippen molar-refractivity contribution in [1.82, 2.24) is 20.4 Å². The van der Waals surface area contributed by atoms with Crippen LogP contribution in [0.5, 0.6) is 0 Å². The van der Waals surface area contributed by atoms with E-state index >= 15 is 0 Å². The maximum atomic E-state index is 12.9. The van der Waals surface area contributed by atoms with Crippen molar-refractivity contribution in [1.29, 1.82) is 0 Å². The molecule has 0 saturated carbocycles. The monoisotopic (exact) mass is 394 g/mol. The molecule has 0 atom stereocenters. The third kappa shape index (κ3) is 5.51. The zero-order valence-electron chi connectivity index (χ0n) is 16.4. The van der Waals surface area contributed by atoms with Crippen molar-refractivity contribution >= 4 is 11.8 Å². The maximum Gasteiger partial charge on any atom is 0.251 e. The van der Waals surface area contributed by atoms with E-state index in [1.807, 2.05) is 48.9 Å². The first-order valence-corrected chi connectivity index (χ1v) is 9.35. The number of aryl methyl sites for hydroxylation is 2. The van der Waals surface area contributed by atoms with Gasteiger partial charge in [0, 0.05) is 17.8 Å². The highest BCUT2D eigenvalue weighted by molar-refractivity contribution is 5.96. The molecule has 0 bridgehead atoms. The second kappa shape index (κ2) is 9.14. The van der Waals surface area contributed by atoms with Gasteiger partial charge in [-0.15, -0.1) is 0 Å². The molecule has 6 nitrogen and oxygen atoms in total. The van der Waals surface area contributed by atoms with Gasteiger partial charge in [0.15, 0.2) is 0 Å². The van der Waals surface area contributed by atoms with Crippen molar-refractivity contribution in [2.24, 2.45) is 0 Å². The Morgan fingerprint density at radius 2 is 1.69 bits per heavy atom. The van der Waals surface area contributed by atoms with Crippen LogP contribution in [0.4, 0.5) is 4.39 Å². The molecule has 0 unspecified atom stereocenters. The zero-order valence-corrected chi connectivity index (χ0v) is 16.4. The van der Waals surface area contributed by atoms with E-state index in [0.29, 0.717) is 18.5 Å². The summed E-state index contributed by atoms with van der Waals surface area (Å²) in [5, 5.41) is 9.75. The lowest BCUT2D eigenvalue weighted by atomic mass is 10.1. The molecule has 0 radical (unpaired) electrons. The maximum absolute atomic E-state index is 12.9. The van der Waals surface area contributed by atoms with Crippen LogP contribution in [-0.2, 0) is 11.2 Å². The number of rotatable bonds is 7. The summed E-state index contributed by atoms with van der Waals surface area (Å²) in [4.78, 5) is 23.8. The van der Waals surface area contributed by atoms with Crippen LogP contribution in [0.3, 0.4) is 0 Å². The molecule has 2 N–H and O–H groups in total. The number of aromatic nitrogens is 2. The quantitative estimate of drug-likeness (QED) is 0.647. The van der Waals surface area contributed by atoms with Crippen LogP contribution in [0.2, 0.25) is 0 Å². The second-order valence-electron chi connectivity index (χ2n) is 6.79. The van der Waals surface area contributed by atoms with Crippen molar-refractivity contribution in [2.45, 2.75) is 20.3 Å². The number of benzene rings is 2. The minimum absolute atomic E-state index is 0.132. The largest absolute Gasteiger partial charge is 0.354 e. The Morgan fingerprint density at radius 3 is 2.31 bits per heavy atom. The Kier molecular flexibility index (Phi) is 6.39. The molecule has 2 amide bonds. The summed E-state index contributed by atoms with van der Waals surface area (Å²) in [7, 11) is 0. The molecular formula is C22H23FN4O2. The fraction of sp³-hybridized carbons (Fsp3) is 0.227. The standard InChI is InChI=1S/C22H23FN4O2/c1-15-13-16(2)27(26-15)20-9-3-17(4-10-20)11-12-24-21(28)14-25-22(29)18-5-7-19(23)8-6-18/h3-10,13H,11-12,14H2,1-2H3,(H,24,28)(H,25,29). The number of carbonyl (C=O) groups excluding carboxylic acids is 2. The molecule has 0 aliphatic heterocycles. The lowest BCUT2D eigenvalue weighted by Crippen LogP contribution is -2.37. The zero-order chi connectivity index (χ0) is 20.8. The van der Waals surface area contributed by atoms with Gasteiger partial charge in [-0.05, 0) is 68.3 Å². The molecule has 2 aromatic carbocycles. The molecule has 1 aromatic heterocycles. The predicted molar refractivity (Wildman–Crippen MR) is 108 cm³/mol. The van der Waals surface area contributed by atoms with Gasteiger partial charge in [0.25, 0.3) is 5.91 Å². The first-order chi connectivity index (χ1) is 13.9. The average Bonchev–Trinajstić information content (AvgIpc) is 3.05. The smallest absolute Gasteiger partial charge is 0.251 e. The van der Waals surface area contributed by atoms with Crippen molar-refractivity contribution < 1.29 is 14.0 Å². The third-order valence-corrected chi connectivity index (χ3v) is 4.44. The van der Waals surface area contributed by atoms with Crippen LogP contribution in [0.1, 0.15) is 27.3 Å². The minimum Gasteiger partial charge on any atom is -0.354 e. The molecule has 29 heavy (non-hydrogen) atoms. The van der Waals surface area contributed by atoms with Crippen LogP contribution in [-0.4, -0.2) is 34.7 Å². The number of hydrogen-bond acceptors (Lipinski definition) is 3. The highest BCUT2D eigenvalue weighted by Gasteiger charge is 2.08. The average molecular weight is 394 g/mol. The van der Waals surface area contributed by atoms with Crippen LogP contribution in [0, 0.1) is 19.7 Å². The normalized spacial score (nSPS) is 10.6. The number of nitrogens with one attached hydrogen (secondary N) is 2. The van der Waals surface area contributed by atoms with Crippen molar-refractivity contribution in [3.8, 4) is 5.69 Å². The van der Waals surface area contributed by atoms with Crippen LogP contribution in [0.25, 0.3) is 5.69 Å². The molecule has 150 valence electrons. The molecule has 0 aliphatic carbocycles. The van der Waals surface area contributed by atoms with Crippen LogP contribution in [0.15, 0.2) is 54.6 Å². The number of nitrogens with zero attached hydrogens (tertiary/aromatic N) is 2. The topological polar surface area (TPSA) is 76.0 Å². The van der Waals surface area contributed by atoms with E-state index in [2.05, 4.69) is 15.7 Å². The van der Waals surface area contributed by atoms with E-state index in [1.165, 1.54) is 24.3 Å². The summed E-state index contributed by atoms with van der Waals surface area (Å²) >= 11 is 0. The van der Waals surface area contributed by atoms with Gasteiger partial charge in [0.2, 0.25) is 5.91 Å². The lowest BCUT2D eigenvalue weighted by molar-refractivity contribution is -0.120. The van der Waals surface area contributed by atoms with Gasteiger partial charge in [-0.3, -0.25) is 9.59 Å². The molecule has 1 heterocycles. The molecule has 3 aromatic rings. The fourth-order valence-electron chi connectivity index (χ4n) is 2.97. The Balaban J connectivity index is 1.42. The lowest BCUT2D eigenvalue weighted by Gasteiger charge is -2.08. The molecule has 0 spiro atoms. The van der Waals surface area contributed by atoms with Gasteiger partial charge in [0.05, 0.1) is 17.9 Å². The summed E-state index contributed by atoms with van der Waals surface area (Å²) in [5.74, 6) is -1.11. The molecule has 0 fully saturated rings.